The van der Waals surface area contributed by atoms with Gasteiger partial charge in [0.2, 0.25) is 0 Å². The Morgan fingerprint density at radius 1 is 1.19 bits per heavy atom. The van der Waals surface area contributed by atoms with Gasteiger partial charge in [0, 0.05) is 58.4 Å². The molecule has 2 heterocycles. The van der Waals surface area contributed by atoms with Crippen molar-refractivity contribution in [2.24, 2.45) is 11.3 Å². The van der Waals surface area contributed by atoms with E-state index in [-0.39, 0.29) is 17.1 Å². The molecule has 0 aliphatic carbocycles. The SMILES string of the molecule is COCCN1C[C@@H](COC)C2(CCN(C(=O)c3ccc(F)cc3)CC2)C1. The second kappa shape index (κ2) is 8.46. The third-order valence-electron chi connectivity index (χ3n) is 6.00. The number of rotatable bonds is 6. The first-order chi connectivity index (χ1) is 12.6. The van der Waals surface area contributed by atoms with Gasteiger partial charge in [-0.25, -0.2) is 4.39 Å². The number of nitrogens with zero attached hydrogens (tertiary/aromatic N) is 2. The summed E-state index contributed by atoms with van der Waals surface area (Å²) < 4.78 is 23.8. The lowest BCUT2D eigenvalue weighted by molar-refractivity contribution is 0.0321. The van der Waals surface area contributed by atoms with Crippen molar-refractivity contribution in [2.75, 3.05) is 60.2 Å². The van der Waals surface area contributed by atoms with Crippen molar-refractivity contribution in [3.63, 3.8) is 0 Å². The first-order valence-electron chi connectivity index (χ1n) is 9.33. The van der Waals surface area contributed by atoms with Gasteiger partial charge in [-0.3, -0.25) is 4.79 Å². The zero-order valence-corrected chi connectivity index (χ0v) is 15.7. The monoisotopic (exact) mass is 364 g/mol. The van der Waals surface area contributed by atoms with E-state index in [1.807, 2.05) is 4.90 Å². The third-order valence-corrected chi connectivity index (χ3v) is 6.00. The number of likely N-dealkylation sites (tertiary alicyclic amines) is 2. The molecule has 144 valence electrons. The van der Waals surface area contributed by atoms with Gasteiger partial charge in [-0.2, -0.15) is 0 Å². The van der Waals surface area contributed by atoms with Crippen LogP contribution in [0.2, 0.25) is 0 Å². The van der Waals surface area contributed by atoms with Gasteiger partial charge >= 0.3 is 0 Å². The maximum Gasteiger partial charge on any atom is 0.253 e. The van der Waals surface area contributed by atoms with Gasteiger partial charge in [-0.15, -0.1) is 0 Å². The summed E-state index contributed by atoms with van der Waals surface area (Å²) in [6, 6.07) is 5.82. The van der Waals surface area contributed by atoms with Gasteiger partial charge in [0.15, 0.2) is 0 Å². The number of carbonyl (C=O) groups is 1. The Kier molecular flexibility index (Phi) is 6.27. The van der Waals surface area contributed by atoms with Gasteiger partial charge in [-0.1, -0.05) is 0 Å². The third kappa shape index (κ3) is 4.08. The van der Waals surface area contributed by atoms with Crippen LogP contribution in [0.3, 0.4) is 0 Å². The minimum absolute atomic E-state index is 0.00243. The highest BCUT2D eigenvalue weighted by atomic mass is 19.1. The molecule has 5 nitrogen and oxygen atoms in total. The summed E-state index contributed by atoms with van der Waals surface area (Å²) >= 11 is 0. The number of ether oxygens (including phenoxy) is 2. The molecule has 0 N–H and O–H groups in total. The number of hydrogen-bond acceptors (Lipinski definition) is 4. The van der Waals surface area contributed by atoms with E-state index >= 15 is 0 Å². The fourth-order valence-electron chi connectivity index (χ4n) is 4.46. The molecule has 2 fully saturated rings. The molecule has 1 amide bonds. The van der Waals surface area contributed by atoms with Gasteiger partial charge < -0.3 is 19.3 Å². The van der Waals surface area contributed by atoms with E-state index in [0.29, 0.717) is 11.5 Å². The molecule has 0 saturated carbocycles. The maximum atomic E-state index is 13.1. The minimum Gasteiger partial charge on any atom is -0.384 e. The molecule has 0 bridgehead atoms. The average molecular weight is 364 g/mol. The molecular formula is C20H29FN2O3. The number of methoxy groups -OCH3 is 2. The van der Waals surface area contributed by atoms with Crippen molar-refractivity contribution in [2.45, 2.75) is 12.8 Å². The predicted molar refractivity (Wildman–Crippen MR) is 97.7 cm³/mol. The van der Waals surface area contributed by atoms with Crippen molar-refractivity contribution in [3.8, 4) is 0 Å². The molecule has 6 heteroatoms. The second-order valence-electron chi connectivity index (χ2n) is 7.54. The number of piperidine rings is 1. The summed E-state index contributed by atoms with van der Waals surface area (Å²) in [5.74, 6) is 0.175. The highest BCUT2D eigenvalue weighted by molar-refractivity contribution is 5.94. The molecule has 1 aromatic carbocycles. The lowest BCUT2D eigenvalue weighted by atomic mass is 9.71. The van der Waals surface area contributed by atoms with E-state index < -0.39 is 0 Å². The maximum absolute atomic E-state index is 13.1. The fourth-order valence-corrected chi connectivity index (χ4v) is 4.46. The van der Waals surface area contributed by atoms with Crippen LogP contribution >= 0.6 is 0 Å². The standard InChI is InChI=1S/C20H29FN2O3/c1-25-12-11-22-13-17(14-26-2)20(15-22)7-9-23(10-8-20)19(24)16-3-5-18(21)6-4-16/h3-6,17H,7-15H2,1-2H3/t17-/m0/s1. The average Bonchev–Trinajstić information content (AvgIpc) is 2.98. The Hall–Kier alpha value is -1.50. The topological polar surface area (TPSA) is 42.0 Å². The molecule has 1 aromatic rings. The molecule has 2 saturated heterocycles. The van der Waals surface area contributed by atoms with Gasteiger partial charge in [0.1, 0.15) is 5.82 Å². The summed E-state index contributed by atoms with van der Waals surface area (Å²) in [7, 11) is 3.50. The van der Waals surface area contributed by atoms with Crippen LogP contribution in [0.15, 0.2) is 24.3 Å². The van der Waals surface area contributed by atoms with E-state index in [9.17, 15) is 9.18 Å². The number of benzene rings is 1. The first kappa shape index (κ1) is 19.3. The second-order valence-corrected chi connectivity index (χ2v) is 7.54. The van der Waals surface area contributed by atoms with Crippen molar-refractivity contribution >= 4 is 5.91 Å². The Bertz CT molecular complexity index is 600. The molecule has 0 aromatic heterocycles. The number of halogens is 1. The molecule has 1 spiro atoms. The van der Waals surface area contributed by atoms with Crippen LogP contribution in [0.4, 0.5) is 4.39 Å². The largest absolute Gasteiger partial charge is 0.384 e. The Labute approximate surface area is 155 Å². The van der Waals surface area contributed by atoms with Gasteiger partial charge in [-0.05, 0) is 42.5 Å². The molecule has 0 radical (unpaired) electrons. The predicted octanol–water partition coefficient (Wildman–Crippen LogP) is 2.27. The van der Waals surface area contributed by atoms with Crippen LogP contribution in [0, 0.1) is 17.2 Å². The van der Waals surface area contributed by atoms with E-state index in [1.165, 1.54) is 12.1 Å². The smallest absolute Gasteiger partial charge is 0.253 e. The van der Waals surface area contributed by atoms with Crippen LogP contribution in [0.25, 0.3) is 0 Å². The zero-order chi connectivity index (χ0) is 18.6. The summed E-state index contributed by atoms with van der Waals surface area (Å²) in [4.78, 5) is 17.0. The summed E-state index contributed by atoms with van der Waals surface area (Å²) in [5.41, 5.74) is 0.771. The first-order valence-corrected chi connectivity index (χ1v) is 9.33. The van der Waals surface area contributed by atoms with Crippen LogP contribution in [0.1, 0.15) is 23.2 Å². The molecule has 26 heavy (non-hydrogen) atoms. The van der Waals surface area contributed by atoms with Crippen LogP contribution < -0.4 is 0 Å². The summed E-state index contributed by atoms with van der Waals surface area (Å²) in [6.45, 7) is 6.01. The Balaban J connectivity index is 1.63. The van der Waals surface area contributed by atoms with Gasteiger partial charge in [0.05, 0.1) is 13.2 Å². The van der Waals surface area contributed by atoms with Crippen LogP contribution in [-0.4, -0.2) is 75.9 Å². The molecule has 0 unspecified atom stereocenters. The summed E-state index contributed by atoms with van der Waals surface area (Å²) in [6.07, 6.45) is 1.97. The lowest BCUT2D eigenvalue weighted by Crippen LogP contribution is -2.47. The van der Waals surface area contributed by atoms with E-state index in [0.717, 1.165) is 58.8 Å². The van der Waals surface area contributed by atoms with Crippen LogP contribution in [0.5, 0.6) is 0 Å². The summed E-state index contributed by atoms with van der Waals surface area (Å²) in [5, 5.41) is 0. The molecular weight excluding hydrogens is 335 g/mol. The zero-order valence-electron chi connectivity index (χ0n) is 15.7. The molecule has 2 aliphatic heterocycles. The minimum atomic E-state index is -0.316. The van der Waals surface area contributed by atoms with Crippen molar-refractivity contribution in [1.82, 2.24) is 9.80 Å². The van der Waals surface area contributed by atoms with E-state index in [4.69, 9.17) is 9.47 Å². The molecule has 2 aliphatic rings. The van der Waals surface area contributed by atoms with Crippen molar-refractivity contribution < 1.29 is 18.7 Å². The Morgan fingerprint density at radius 3 is 2.50 bits per heavy atom. The van der Waals surface area contributed by atoms with E-state index in [1.54, 1.807) is 26.4 Å². The number of amides is 1. The van der Waals surface area contributed by atoms with Gasteiger partial charge in [0.25, 0.3) is 5.91 Å². The molecule has 1 atom stereocenters. The van der Waals surface area contributed by atoms with Crippen molar-refractivity contribution in [3.05, 3.63) is 35.6 Å². The van der Waals surface area contributed by atoms with E-state index in [2.05, 4.69) is 4.90 Å². The number of hydrogen-bond donors (Lipinski definition) is 0. The van der Waals surface area contributed by atoms with Crippen LogP contribution in [-0.2, 0) is 9.47 Å². The van der Waals surface area contributed by atoms with Crippen molar-refractivity contribution in [1.29, 1.82) is 0 Å². The Morgan fingerprint density at radius 2 is 1.88 bits per heavy atom. The highest BCUT2D eigenvalue weighted by Gasteiger charge is 2.48. The molecule has 3 rings (SSSR count). The highest BCUT2D eigenvalue weighted by Crippen LogP contribution is 2.44. The normalized spacial score (nSPS) is 22.9. The quantitative estimate of drug-likeness (QED) is 0.777. The number of carbonyl (C=O) groups excluding carboxylic acids is 1. The fraction of sp³-hybridized carbons (Fsp3) is 0.650. The lowest BCUT2D eigenvalue weighted by Gasteiger charge is -2.42.